The van der Waals surface area contributed by atoms with Crippen molar-refractivity contribution in [1.29, 1.82) is 0 Å². The Morgan fingerprint density at radius 2 is 1.91 bits per heavy atom. The van der Waals surface area contributed by atoms with Gasteiger partial charge in [-0.05, 0) is 18.4 Å². The average Bonchev–Trinajstić information content (AvgIpc) is 3.18. The zero-order chi connectivity index (χ0) is 15.5. The summed E-state index contributed by atoms with van der Waals surface area (Å²) in [6, 6.07) is 10.2. The van der Waals surface area contributed by atoms with Crippen LogP contribution in [0.5, 0.6) is 0 Å². The third-order valence-electron chi connectivity index (χ3n) is 4.47. The Morgan fingerprint density at radius 1 is 1.18 bits per heavy atom. The first-order chi connectivity index (χ1) is 10.8. The van der Waals surface area contributed by atoms with E-state index in [1.54, 1.807) is 0 Å². The highest BCUT2D eigenvalue weighted by atomic mass is 16.6. The van der Waals surface area contributed by atoms with Gasteiger partial charge in [-0.2, -0.15) is 0 Å². The number of amides is 1. The van der Waals surface area contributed by atoms with E-state index in [1.807, 2.05) is 23.1 Å². The van der Waals surface area contributed by atoms with Crippen molar-refractivity contribution in [3.8, 4) is 0 Å². The van der Waals surface area contributed by atoms with Gasteiger partial charge in [0.25, 0.3) is 5.91 Å². The summed E-state index contributed by atoms with van der Waals surface area (Å²) in [5.74, 6) is 0.100. The van der Waals surface area contributed by atoms with Gasteiger partial charge in [0.15, 0.2) is 6.10 Å². The Balaban J connectivity index is 1.77. The third kappa shape index (κ3) is 3.03. The van der Waals surface area contributed by atoms with Gasteiger partial charge in [-0.1, -0.05) is 57.0 Å². The second-order valence-corrected chi connectivity index (χ2v) is 6.13. The van der Waals surface area contributed by atoms with E-state index in [9.17, 15) is 4.79 Å². The lowest BCUT2D eigenvalue weighted by Crippen LogP contribution is -2.41. The van der Waals surface area contributed by atoms with E-state index in [-0.39, 0.29) is 30.4 Å². The second kappa shape index (κ2) is 6.80. The van der Waals surface area contributed by atoms with Crippen molar-refractivity contribution >= 4 is 5.91 Å². The summed E-state index contributed by atoms with van der Waals surface area (Å²) >= 11 is 0. The molecule has 0 N–H and O–H groups in total. The van der Waals surface area contributed by atoms with Crippen molar-refractivity contribution in [3.05, 3.63) is 35.9 Å². The fourth-order valence-electron chi connectivity index (χ4n) is 3.27. The molecule has 4 nitrogen and oxygen atoms in total. The first-order valence-corrected chi connectivity index (χ1v) is 8.40. The summed E-state index contributed by atoms with van der Waals surface area (Å²) in [4.78, 5) is 14.8. The number of carbonyl (C=O) groups excluding carboxylic acids is 1. The molecule has 0 bridgehead atoms. The SMILES string of the molecule is CCC[C@@H]1O[C@H]1C(=O)N1[C@@H](CCC)OC[C@H]1c1ccccc1. The number of ether oxygens (including phenoxy) is 2. The highest BCUT2D eigenvalue weighted by Crippen LogP contribution is 2.37. The van der Waals surface area contributed by atoms with Gasteiger partial charge in [-0.25, -0.2) is 0 Å². The first kappa shape index (κ1) is 15.5. The molecule has 0 unspecified atom stereocenters. The lowest BCUT2D eigenvalue weighted by atomic mass is 10.1. The number of rotatable bonds is 6. The van der Waals surface area contributed by atoms with Crippen LogP contribution in [-0.4, -0.2) is 35.8 Å². The van der Waals surface area contributed by atoms with Gasteiger partial charge < -0.3 is 14.4 Å². The van der Waals surface area contributed by atoms with Crippen LogP contribution in [0.2, 0.25) is 0 Å². The summed E-state index contributed by atoms with van der Waals surface area (Å²) in [6.45, 7) is 4.82. The van der Waals surface area contributed by atoms with Gasteiger partial charge in [0, 0.05) is 0 Å². The molecular formula is C18H25NO3. The molecule has 2 fully saturated rings. The summed E-state index contributed by atoms with van der Waals surface area (Å²) < 4.78 is 11.5. The highest BCUT2D eigenvalue weighted by molar-refractivity contribution is 5.84. The van der Waals surface area contributed by atoms with E-state index in [2.05, 4.69) is 26.0 Å². The van der Waals surface area contributed by atoms with Gasteiger partial charge in [-0.3, -0.25) is 4.79 Å². The quantitative estimate of drug-likeness (QED) is 0.757. The number of hydrogen-bond acceptors (Lipinski definition) is 3. The van der Waals surface area contributed by atoms with E-state index in [0.29, 0.717) is 6.61 Å². The smallest absolute Gasteiger partial charge is 0.257 e. The molecule has 120 valence electrons. The minimum atomic E-state index is -0.257. The third-order valence-corrected chi connectivity index (χ3v) is 4.47. The predicted molar refractivity (Wildman–Crippen MR) is 84.2 cm³/mol. The van der Waals surface area contributed by atoms with E-state index >= 15 is 0 Å². The lowest BCUT2D eigenvalue weighted by molar-refractivity contribution is -0.139. The van der Waals surface area contributed by atoms with Crippen molar-refractivity contribution in [3.63, 3.8) is 0 Å². The summed E-state index contributed by atoms with van der Waals surface area (Å²) in [6.07, 6.45) is 3.61. The number of epoxide rings is 1. The maximum atomic E-state index is 12.9. The van der Waals surface area contributed by atoms with Crippen LogP contribution >= 0.6 is 0 Å². The molecule has 2 aliphatic rings. The van der Waals surface area contributed by atoms with Crippen LogP contribution in [0.1, 0.15) is 51.1 Å². The van der Waals surface area contributed by atoms with E-state index in [4.69, 9.17) is 9.47 Å². The molecule has 0 aromatic heterocycles. The molecular weight excluding hydrogens is 278 g/mol. The van der Waals surface area contributed by atoms with Crippen LogP contribution < -0.4 is 0 Å². The molecule has 1 aromatic carbocycles. The van der Waals surface area contributed by atoms with E-state index in [0.717, 1.165) is 31.2 Å². The first-order valence-electron chi connectivity index (χ1n) is 8.40. The minimum absolute atomic E-state index is 0.0109. The highest BCUT2D eigenvalue weighted by Gasteiger charge is 2.50. The Kier molecular flexibility index (Phi) is 4.79. The molecule has 22 heavy (non-hydrogen) atoms. The van der Waals surface area contributed by atoms with Crippen molar-refractivity contribution in [1.82, 2.24) is 4.90 Å². The number of hydrogen-bond donors (Lipinski definition) is 0. The largest absolute Gasteiger partial charge is 0.359 e. The van der Waals surface area contributed by atoms with Crippen LogP contribution in [0, 0.1) is 0 Å². The molecule has 1 amide bonds. The fraction of sp³-hybridized carbons (Fsp3) is 0.611. The second-order valence-electron chi connectivity index (χ2n) is 6.13. The Bertz CT molecular complexity index is 504. The molecule has 2 heterocycles. The molecule has 0 radical (unpaired) electrons. The van der Waals surface area contributed by atoms with E-state index in [1.165, 1.54) is 0 Å². The molecule has 0 saturated carbocycles. The maximum Gasteiger partial charge on any atom is 0.257 e. The van der Waals surface area contributed by atoms with Gasteiger partial charge in [0.1, 0.15) is 6.23 Å². The summed E-state index contributed by atoms with van der Waals surface area (Å²) in [7, 11) is 0. The minimum Gasteiger partial charge on any atom is -0.359 e. The van der Waals surface area contributed by atoms with Crippen molar-refractivity contribution in [2.24, 2.45) is 0 Å². The van der Waals surface area contributed by atoms with Crippen LogP contribution in [0.15, 0.2) is 30.3 Å². The number of nitrogens with zero attached hydrogens (tertiary/aromatic N) is 1. The van der Waals surface area contributed by atoms with Gasteiger partial charge >= 0.3 is 0 Å². The van der Waals surface area contributed by atoms with E-state index < -0.39 is 0 Å². The average molecular weight is 303 g/mol. The Hall–Kier alpha value is -1.39. The van der Waals surface area contributed by atoms with Crippen molar-refractivity contribution < 1.29 is 14.3 Å². The molecule has 2 saturated heterocycles. The number of benzene rings is 1. The normalized spacial score (nSPS) is 30.5. The van der Waals surface area contributed by atoms with Crippen molar-refractivity contribution in [2.75, 3.05) is 6.61 Å². The topological polar surface area (TPSA) is 42.1 Å². The zero-order valence-electron chi connectivity index (χ0n) is 13.4. The number of carbonyl (C=O) groups is 1. The summed E-state index contributed by atoms with van der Waals surface area (Å²) in [5, 5.41) is 0. The fourth-order valence-corrected chi connectivity index (χ4v) is 3.27. The van der Waals surface area contributed by atoms with Crippen molar-refractivity contribution in [2.45, 2.75) is 64.0 Å². The molecule has 3 rings (SSSR count). The molecule has 4 heteroatoms. The van der Waals surface area contributed by atoms with Crippen LogP contribution in [-0.2, 0) is 14.3 Å². The monoisotopic (exact) mass is 303 g/mol. The van der Waals surface area contributed by atoms with Gasteiger partial charge in [0.2, 0.25) is 0 Å². The standard InChI is InChI=1S/C18H25NO3/c1-3-8-15-17(22-15)18(20)19-14(12-21-16(19)9-4-2)13-10-6-5-7-11-13/h5-7,10-11,14-17H,3-4,8-9,12H2,1-2H3/t14-,15-,16+,17+/m0/s1. The van der Waals surface area contributed by atoms with Crippen LogP contribution in [0.4, 0.5) is 0 Å². The van der Waals surface area contributed by atoms with Crippen LogP contribution in [0.3, 0.4) is 0 Å². The molecule has 2 aliphatic heterocycles. The lowest BCUT2D eigenvalue weighted by Gasteiger charge is -2.28. The molecule has 4 atom stereocenters. The molecule has 0 spiro atoms. The molecule has 0 aliphatic carbocycles. The zero-order valence-corrected chi connectivity index (χ0v) is 13.4. The Labute approximate surface area is 132 Å². The molecule has 1 aromatic rings. The van der Waals surface area contributed by atoms with Gasteiger partial charge in [-0.15, -0.1) is 0 Å². The predicted octanol–water partition coefficient (Wildman–Crippen LogP) is 3.28. The Morgan fingerprint density at radius 3 is 2.59 bits per heavy atom. The maximum absolute atomic E-state index is 12.9. The van der Waals surface area contributed by atoms with Gasteiger partial charge in [0.05, 0.1) is 18.8 Å². The summed E-state index contributed by atoms with van der Waals surface area (Å²) in [5.41, 5.74) is 1.14. The van der Waals surface area contributed by atoms with Crippen LogP contribution in [0.25, 0.3) is 0 Å².